The number of hydrogen-bond acceptors (Lipinski definition) is 2. The largest absolute Gasteiger partial charge is 0.350 e. The van der Waals surface area contributed by atoms with Crippen LogP contribution in [0.25, 0.3) is 0 Å². The molecule has 1 fully saturated rings. The summed E-state index contributed by atoms with van der Waals surface area (Å²) in [6, 6.07) is 0. The summed E-state index contributed by atoms with van der Waals surface area (Å²) in [5, 5.41) is 0. The summed E-state index contributed by atoms with van der Waals surface area (Å²) >= 11 is 0. The van der Waals surface area contributed by atoms with E-state index in [9.17, 15) is 0 Å². The summed E-state index contributed by atoms with van der Waals surface area (Å²) in [5.41, 5.74) is 0. The molecule has 90 valence electrons. The van der Waals surface area contributed by atoms with E-state index in [1.165, 1.54) is 0 Å². The molecule has 0 aromatic heterocycles. The van der Waals surface area contributed by atoms with Gasteiger partial charge >= 0.3 is 0 Å². The molecule has 0 aliphatic carbocycles. The molecule has 0 saturated carbocycles. The molecule has 0 amide bonds. The molecule has 0 radical (unpaired) electrons. The minimum absolute atomic E-state index is 0.0128. The monoisotopic (exact) mass is 214 g/mol. The third kappa shape index (κ3) is 2.94. The van der Waals surface area contributed by atoms with E-state index in [1.807, 2.05) is 0 Å². The molecular weight excluding hydrogens is 188 g/mol. The quantitative estimate of drug-likeness (QED) is 0.716. The van der Waals surface area contributed by atoms with Crippen molar-refractivity contribution in [1.82, 2.24) is 0 Å². The smallest absolute Gasteiger partial charge is 0.161 e. The molecule has 15 heavy (non-hydrogen) atoms. The highest BCUT2D eigenvalue weighted by Crippen LogP contribution is 2.36. The maximum absolute atomic E-state index is 6.02. The van der Waals surface area contributed by atoms with Crippen LogP contribution >= 0.6 is 0 Å². The molecule has 1 aliphatic heterocycles. The van der Waals surface area contributed by atoms with E-state index in [4.69, 9.17) is 9.47 Å². The third-order valence-electron chi connectivity index (χ3n) is 3.79. The van der Waals surface area contributed by atoms with Gasteiger partial charge in [-0.25, -0.2) is 0 Å². The zero-order valence-electron chi connectivity index (χ0n) is 11.0. The number of hydrogen-bond donors (Lipinski definition) is 0. The van der Waals surface area contributed by atoms with Crippen LogP contribution in [-0.2, 0) is 9.47 Å². The van der Waals surface area contributed by atoms with Crippen molar-refractivity contribution in [3.63, 3.8) is 0 Å². The molecule has 1 saturated heterocycles. The summed E-state index contributed by atoms with van der Waals surface area (Å²) < 4.78 is 11.9. The first-order chi connectivity index (χ1) is 6.97. The van der Waals surface area contributed by atoms with E-state index in [2.05, 4.69) is 41.5 Å². The lowest BCUT2D eigenvalue weighted by molar-refractivity contribution is -0.259. The first-order valence-electron chi connectivity index (χ1n) is 6.28. The highest BCUT2D eigenvalue weighted by molar-refractivity contribution is 4.82. The maximum Gasteiger partial charge on any atom is 0.161 e. The Bertz CT molecular complexity index is 189. The van der Waals surface area contributed by atoms with Gasteiger partial charge in [0.1, 0.15) is 0 Å². The SMILES string of the molecule is CCC1OC(OC(C)C)[C@H](C)C(C)[C@H]1C. The van der Waals surface area contributed by atoms with Gasteiger partial charge in [-0.1, -0.05) is 27.7 Å². The standard InChI is InChI=1S/C13H26O2/c1-7-12-10(5)9(4)11(6)13(15-12)14-8(2)3/h8-13H,7H2,1-6H3/t9?,10-,11-,12?,13?/m1/s1. The van der Waals surface area contributed by atoms with Gasteiger partial charge < -0.3 is 9.47 Å². The van der Waals surface area contributed by atoms with Gasteiger partial charge in [0.05, 0.1) is 12.2 Å². The lowest BCUT2D eigenvalue weighted by Crippen LogP contribution is -2.46. The average Bonchev–Trinajstić information content (AvgIpc) is 2.18. The van der Waals surface area contributed by atoms with Gasteiger partial charge in [0, 0.05) is 5.92 Å². The highest BCUT2D eigenvalue weighted by atomic mass is 16.7. The van der Waals surface area contributed by atoms with Crippen molar-refractivity contribution in [3.8, 4) is 0 Å². The van der Waals surface area contributed by atoms with Crippen LogP contribution in [0.5, 0.6) is 0 Å². The van der Waals surface area contributed by atoms with Crippen molar-refractivity contribution >= 4 is 0 Å². The van der Waals surface area contributed by atoms with Crippen LogP contribution in [0.3, 0.4) is 0 Å². The Labute approximate surface area is 94.3 Å². The van der Waals surface area contributed by atoms with E-state index < -0.39 is 0 Å². The molecule has 2 heteroatoms. The van der Waals surface area contributed by atoms with Crippen LogP contribution in [0, 0.1) is 17.8 Å². The Morgan fingerprint density at radius 2 is 1.67 bits per heavy atom. The van der Waals surface area contributed by atoms with Crippen LogP contribution in [0.1, 0.15) is 48.0 Å². The second-order valence-corrected chi connectivity index (χ2v) is 5.21. The second-order valence-electron chi connectivity index (χ2n) is 5.21. The fraction of sp³-hybridized carbons (Fsp3) is 1.00. The lowest BCUT2D eigenvalue weighted by Gasteiger charge is -2.43. The highest BCUT2D eigenvalue weighted by Gasteiger charge is 2.38. The first-order valence-corrected chi connectivity index (χ1v) is 6.28. The molecule has 5 atom stereocenters. The van der Waals surface area contributed by atoms with Crippen molar-refractivity contribution in [3.05, 3.63) is 0 Å². The molecule has 1 rings (SSSR count). The van der Waals surface area contributed by atoms with Crippen molar-refractivity contribution in [2.75, 3.05) is 0 Å². The molecular formula is C13H26O2. The fourth-order valence-electron chi connectivity index (χ4n) is 2.38. The van der Waals surface area contributed by atoms with Gasteiger partial charge in [-0.05, 0) is 32.1 Å². The van der Waals surface area contributed by atoms with E-state index in [0.717, 1.165) is 6.42 Å². The molecule has 1 aliphatic rings. The minimum atomic E-state index is -0.0128. The van der Waals surface area contributed by atoms with Gasteiger partial charge in [0.2, 0.25) is 0 Å². The van der Waals surface area contributed by atoms with Gasteiger partial charge in [-0.15, -0.1) is 0 Å². The Balaban J connectivity index is 2.65. The normalized spacial score (nSPS) is 42.2. The molecule has 2 nitrogen and oxygen atoms in total. The van der Waals surface area contributed by atoms with Gasteiger partial charge in [-0.2, -0.15) is 0 Å². The van der Waals surface area contributed by atoms with E-state index in [0.29, 0.717) is 23.9 Å². The van der Waals surface area contributed by atoms with Crippen molar-refractivity contribution < 1.29 is 9.47 Å². The molecule has 3 unspecified atom stereocenters. The predicted octanol–water partition coefficient (Wildman–Crippen LogP) is 3.45. The Kier molecular flexibility index (Phi) is 4.60. The Morgan fingerprint density at radius 1 is 1.07 bits per heavy atom. The zero-order chi connectivity index (χ0) is 11.6. The summed E-state index contributed by atoms with van der Waals surface area (Å²) in [6.45, 7) is 13.2. The summed E-state index contributed by atoms with van der Waals surface area (Å²) in [6.07, 6.45) is 1.67. The van der Waals surface area contributed by atoms with Crippen LogP contribution in [0.4, 0.5) is 0 Å². The van der Waals surface area contributed by atoms with Gasteiger partial charge in [-0.3, -0.25) is 0 Å². The lowest BCUT2D eigenvalue weighted by atomic mass is 9.78. The summed E-state index contributed by atoms with van der Waals surface area (Å²) in [4.78, 5) is 0. The van der Waals surface area contributed by atoms with E-state index >= 15 is 0 Å². The topological polar surface area (TPSA) is 18.5 Å². The molecule has 0 aromatic rings. The van der Waals surface area contributed by atoms with E-state index in [-0.39, 0.29) is 12.4 Å². The predicted molar refractivity (Wildman–Crippen MR) is 62.7 cm³/mol. The second kappa shape index (κ2) is 5.31. The minimum Gasteiger partial charge on any atom is -0.350 e. The zero-order valence-corrected chi connectivity index (χ0v) is 11.0. The van der Waals surface area contributed by atoms with Crippen molar-refractivity contribution in [1.29, 1.82) is 0 Å². The maximum atomic E-state index is 6.02. The van der Waals surface area contributed by atoms with Crippen LogP contribution in [-0.4, -0.2) is 18.5 Å². The van der Waals surface area contributed by atoms with Gasteiger partial charge in [0.15, 0.2) is 6.29 Å². The number of rotatable bonds is 3. The van der Waals surface area contributed by atoms with Crippen LogP contribution in [0.2, 0.25) is 0 Å². The van der Waals surface area contributed by atoms with Gasteiger partial charge in [0.25, 0.3) is 0 Å². The molecule has 0 N–H and O–H groups in total. The summed E-state index contributed by atoms with van der Waals surface area (Å²) in [5.74, 6) is 1.80. The number of ether oxygens (including phenoxy) is 2. The van der Waals surface area contributed by atoms with E-state index in [1.54, 1.807) is 0 Å². The molecule has 1 heterocycles. The third-order valence-corrected chi connectivity index (χ3v) is 3.79. The molecule has 0 aromatic carbocycles. The van der Waals surface area contributed by atoms with Crippen LogP contribution in [0.15, 0.2) is 0 Å². The Hall–Kier alpha value is -0.0800. The van der Waals surface area contributed by atoms with Crippen molar-refractivity contribution in [2.45, 2.75) is 66.5 Å². The first kappa shape index (κ1) is 13.0. The molecule has 0 bridgehead atoms. The summed E-state index contributed by atoms with van der Waals surface area (Å²) in [7, 11) is 0. The molecule has 0 spiro atoms. The van der Waals surface area contributed by atoms with Crippen LogP contribution < -0.4 is 0 Å². The van der Waals surface area contributed by atoms with Crippen molar-refractivity contribution in [2.24, 2.45) is 17.8 Å². The Morgan fingerprint density at radius 3 is 2.13 bits per heavy atom. The fourth-order valence-corrected chi connectivity index (χ4v) is 2.38. The average molecular weight is 214 g/mol.